The van der Waals surface area contributed by atoms with Crippen LogP contribution in [0.1, 0.15) is 37.4 Å². The van der Waals surface area contributed by atoms with Crippen molar-refractivity contribution >= 4 is 45.0 Å². The lowest BCUT2D eigenvalue weighted by molar-refractivity contribution is -0.139. The highest BCUT2D eigenvalue weighted by molar-refractivity contribution is 7.21. The summed E-state index contributed by atoms with van der Waals surface area (Å²) in [7, 11) is 0. The number of thiazole rings is 1. The Morgan fingerprint density at radius 1 is 1.06 bits per heavy atom. The van der Waals surface area contributed by atoms with Crippen molar-refractivity contribution in [2.24, 2.45) is 0 Å². The second-order valence-electron chi connectivity index (χ2n) is 8.84. The Hall–Kier alpha value is -3.84. The van der Waals surface area contributed by atoms with Crippen LogP contribution in [-0.4, -0.2) is 33.6 Å². The van der Waals surface area contributed by atoms with Crippen molar-refractivity contribution in [1.82, 2.24) is 9.88 Å². The predicted molar refractivity (Wildman–Crippen MR) is 138 cm³/mol. The molecular formula is C28H25N3O3S. The van der Waals surface area contributed by atoms with Crippen molar-refractivity contribution in [2.75, 3.05) is 4.90 Å². The van der Waals surface area contributed by atoms with Gasteiger partial charge in [0.2, 0.25) is 11.8 Å². The van der Waals surface area contributed by atoms with E-state index in [0.717, 1.165) is 26.4 Å². The summed E-state index contributed by atoms with van der Waals surface area (Å²) in [4.78, 5) is 46.4. The van der Waals surface area contributed by atoms with Gasteiger partial charge >= 0.3 is 0 Å². The molecule has 0 aliphatic carbocycles. The Balaban J connectivity index is 1.40. The monoisotopic (exact) mass is 483 g/mol. The topological polar surface area (TPSA) is 70.6 Å². The zero-order valence-electron chi connectivity index (χ0n) is 19.8. The standard InChI is InChI=1S/C28H25N3O3S/c1-17-9-14-23-25(15-17)35-27(29-23)21-10-12-22(13-11-21)31-26(33)16-24(28(31)34)30(19(3)32)18(2)20-7-5-4-6-8-20/h4-15,18,24H,16H2,1-3H3. The first-order chi connectivity index (χ1) is 16.8. The van der Waals surface area contributed by atoms with E-state index < -0.39 is 6.04 Å². The van der Waals surface area contributed by atoms with Crippen LogP contribution in [0.2, 0.25) is 0 Å². The molecule has 6 nitrogen and oxygen atoms in total. The normalized spacial score (nSPS) is 16.7. The van der Waals surface area contributed by atoms with Gasteiger partial charge in [-0.3, -0.25) is 14.4 Å². The number of fused-ring (bicyclic) bond motifs is 1. The summed E-state index contributed by atoms with van der Waals surface area (Å²) in [5.74, 6) is -0.929. The summed E-state index contributed by atoms with van der Waals surface area (Å²) < 4.78 is 1.12. The van der Waals surface area contributed by atoms with Crippen LogP contribution in [0.25, 0.3) is 20.8 Å². The molecule has 2 heterocycles. The van der Waals surface area contributed by atoms with Crippen LogP contribution < -0.4 is 4.90 Å². The van der Waals surface area contributed by atoms with Crippen molar-refractivity contribution in [3.8, 4) is 10.6 Å². The zero-order chi connectivity index (χ0) is 24.7. The van der Waals surface area contributed by atoms with Gasteiger partial charge < -0.3 is 4.90 Å². The minimum absolute atomic E-state index is 0.0332. The van der Waals surface area contributed by atoms with E-state index in [-0.39, 0.29) is 30.2 Å². The van der Waals surface area contributed by atoms with E-state index in [4.69, 9.17) is 4.98 Å². The first-order valence-electron chi connectivity index (χ1n) is 11.5. The molecule has 4 aromatic rings. The maximum absolute atomic E-state index is 13.4. The minimum Gasteiger partial charge on any atom is -0.324 e. The Labute approximate surface area is 207 Å². The smallest absolute Gasteiger partial charge is 0.257 e. The zero-order valence-corrected chi connectivity index (χ0v) is 20.6. The molecule has 3 amide bonds. The maximum atomic E-state index is 13.4. The highest BCUT2D eigenvalue weighted by Crippen LogP contribution is 2.34. The molecule has 2 unspecified atom stereocenters. The van der Waals surface area contributed by atoms with E-state index in [1.165, 1.54) is 22.3 Å². The number of nitrogens with zero attached hydrogens (tertiary/aromatic N) is 3. The van der Waals surface area contributed by atoms with Crippen molar-refractivity contribution in [3.05, 3.63) is 83.9 Å². The number of aromatic nitrogens is 1. The van der Waals surface area contributed by atoms with E-state index in [0.29, 0.717) is 5.69 Å². The molecule has 2 atom stereocenters. The fourth-order valence-electron chi connectivity index (χ4n) is 4.67. The van der Waals surface area contributed by atoms with Gasteiger partial charge in [0.1, 0.15) is 11.0 Å². The lowest BCUT2D eigenvalue weighted by atomic mass is 10.0. The number of anilines is 1. The van der Waals surface area contributed by atoms with Gasteiger partial charge in [0.25, 0.3) is 5.91 Å². The summed E-state index contributed by atoms with van der Waals surface area (Å²) in [5.41, 5.74) is 4.47. The van der Waals surface area contributed by atoms with Crippen molar-refractivity contribution in [3.63, 3.8) is 0 Å². The summed E-state index contributed by atoms with van der Waals surface area (Å²) in [6.07, 6.45) is -0.0332. The van der Waals surface area contributed by atoms with Gasteiger partial charge in [0.15, 0.2) is 0 Å². The lowest BCUT2D eigenvalue weighted by Gasteiger charge is -2.32. The van der Waals surface area contributed by atoms with Crippen molar-refractivity contribution < 1.29 is 14.4 Å². The molecule has 0 radical (unpaired) electrons. The number of hydrogen-bond acceptors (Lipinski definition) is 5. The van der Waals surface area contributed by atoms with E-state index in [1.54, 1.807) is 23.5 Å². The molecule has 1 saturated heterocycles. The third kappa shape index (κ3) is 4.23. The Morgan fingerprint density at radius 3 is 2.46 bits per heavy atom. The molecule has 7 heteroatoms. The fraction of sp³-hybridized carbons (Fsp3) is 0.214. The number of aryl methyl sites for hydroxylation is 1. The summed E-state index contributed by atoms with van der Waals surface area (Å²) in [6, 6.07) is 21.8. The highest BCUT2D eigenvalue weighted by Gasteiger charge is 2.45. The molecule has 0 spiro atoms. The molecule has 1 aromatic heterocycles. The van der Waals surface area contributed by atoms with Crippen LogP contribution in [0.5, 0.6) is 0 Å². The SMILES string of the molecule is CC(=O)N(C1CC(=O)N(c2ccc(-c3nc4ccc(C)cc4s3)cc2)C1=O)C(C)c1ccccc1. The van der Waals surface area contributed by atoms with Crippen molar-refractivity contribution in [2.45, 2.75) is 39.3 Å². The van der Waals surface area contributed by atoms with Gasteiger partial charge in [-0.15, -0.1) is 11.3 Å². The number of carbonyl (C=O) groups excluding carboxylic acids is 3. The molecule has 35 heavy (non-hydrogen) atoms. The minimum atomic E-state index is -0.831. The lowest BCUT2D eigenvalue weighted by Crippen LogP contribution is -2.45. The van der Waals surface area contributed by atoms with E-state index in [1.807, 2.05) is 61.5 Å². The van der Waals surface area contributed by atoms with Crippen LogP contribution in [-0.2, 0) is 14.4 Å². The van der Waals surface area contributed by atoms with Gasteiger partial charge in [-0.2, -0.15) is 0 Å². The largest absolute Gasteiger partial charge is 0.324 e. The highest BCUT2D eigenvalue weighted by atomic mass is 32.1. The maximum Gasteiger partial charge on any atom is 0.257 e. The number of benzene rings is 3. The molecule has 0 bridgehead atoms. The number of amides is 3. The van der Waals surface area contributed by atoms with E-state index >= 15 is 0 Å². The molecule has 176 valence electrons. The molecule has 0 saturated carbocycles. The molecule has 5 rings (SSSR count). The van der Waals surface area contributed by atoms with E-state index in [2.05, 4.69) is 13.0 Å². The Bertz CT molecular complexity index is 1430. The first kappa shape index (κ1) is 22.9. The fourth-order valence-corrected chi connectivity index (χ4v) is 5.74. The summed E-state index contributed by atoms with van der Waals surface area (Å²) >= 11 is 1.61. The Kier molecular flexibility index (Phi) is 5.94. The van der Waals surface area contributed by atoms with Crippen molar-refractivity contribution in [1.29, 1.82) is 0 Å². The third-order valence-corrected chi connectivity index (χ3v) is 7.51. The predicted octanol–water partition coefficient (Wildman–Crippen LogP) is 5.51. The van der Waals surface area contributed by atoms with Gasteiger partial charge in [0, 0.05) is 12.5 Å². The number of hydrogen-bond donors (Lipinski definition) is 0. The second kappa shape index (κ2) is 9.07. The summed E-state index contributed by atoms with van der Waals surface area (Å²) in [6.45, 7) is 5.37. The summed E-state index contributed by atoms with van der Waals surface area (Å²) in [5, 5.41) is 0.883. The Morgan fingerprint density at radius 2 is 1.77 bits per heavy atom. The van der Waals surface area contributed by atoms with Gasteiger partial charge in [-0.05, 0) is 61.4 Å². The van der Waals surface area contributed by atoms with Gasteiger partial charge in [0.05, 0.1) is 28.4 Å². The van der Waals surface area contributed by atoms with Crippen LogP contribution in [0, 0.1) is 6.92 Å². The average Bonchev–Trinajstić information content (AvgIpc) is 3.39. The second-order valence-corrected chi connectivity index (χ2v) is 9.87. The van der Waals surface area contributed by atoms with Crippen LogP contribution >= 0.6 is 11.3 Å². The van der Waals surface area contributed by atoms with Crippen LogP contribution in [0.3, 0.4) is 0 Å². The van der Waals surface area contributed by atoms with Crippen LogP contribution in [0.4, 0.5) is 5.69 Å². The van der Waals surface area contributed by atoms with Crippen LogP contribution in [0.15, 0.2) is 72.8 Å². The van der Waals surface area contributed by atoms with Gasteiger partial charge in [-0.25, -0.2) is 9.88 Å². The number of carbonyl (C=O) groups is 3. The molecule has 1 aliphatic rings. The molecular weight excluding hydrogens is 458 g/mol. The van der Waals surface area contributed by atoms with E-state index in [9.17, 15) is 14.4 Å². The molecule has 3 aromatic carbocycles. The quantitative estimate of drug-likeness (QED) is 0.351. The number of imide groups is 1. The molecule has 1 fully saturated rings. The molecule has 1 aliphatic heterocycles. The molecule has 0 N–H and O–H groups in total. The first-order valence-corrected chi connectivity index (χ1v) is 12.3. The average molecular weight is 484 g/mol. The third-order valence-electron chi connectivity index (χ3n) is 6.44. The van der Waals surface area contributed by atoms with Gasteiger partial charge in [-0.1, -0.05) is 36.4 Å². The number of rotatable bonds is 5.